The van der Waals surface area contributed by atoms with Crippen LogP contribution in [0.1, 0.15) is 22.3 Å². The van der Waals surface area contributed by atoms with E-state index in [1.807, 2.05) is 36.0 Å². The number of benzene rings is 1. The third-order valence-corrected chi connectivity index (χ3v) is 3.17. The molecule has 0 heterocycles. The second kappa shape index (κ2) is 8.14. The molecule has 1 aromatic carbocycles. The van der Waals surface area contributed by atoms with Crippen LogP contribution in [0.3, 0.4) is 0 Å². The molecule has 0 aliphatic rings. The number of hydrogen-bond acceptors (Lipinski definition) is 3. The molecule has 17 heavy (non-hydrogen) atoms. The van der Waals surface area contributed by atoms with Crippen molar-refractivity contribution in [2.45, 2.75) is 13.0 Å². The highest BCUT2D eigenvalue weighted by Crippen LogP contribution is 2.04. The van der Waals surface area contributed by atoms with Crippen molar-refractivity contribution in [2.75, 3.05) is 25.6 Å². The van der Waals surface area contributed by atoms with E-state index in [2.05, 4.69) is 16.9 Å². The van der Waals surface area contributed by atoms with Gasteiger partial charge in [0, 0.05) is 19.2 Å². The standard InChI is InChI=1S/C13H20N2OS/c1-14-13(16)12-6-4-11(5-7-12)10-15-8-3-9-17-2/h4-7,15H,3,8-10H2,1-2H3,(H,14,16). The monoisotopic (exact) mass is 252 g/mol. The maximum atomic E-state index is 11.3. The SMILES string of the molecule is CNC(=O)c1ccc(CNCCCSC)cc1. The van der Waals surface area contributed by atoms with Gasteiger partial charge in [-0.1, -0.05) is 12.1 Å². The van der Waals surface area contributed by atoms with Crippen LogP contribution in [-0.2, 0) is 6.54 Å². The molecule has 0 aliphatic heterocycles. The topological polar surface area (TPSA) is 41.1 Å². The molecule has 2 N–H and O–H groups in total. The first-order chi connectivity index (χ1) is 8.27. The Morgan fingerprint density at radius 3 is 2.59 bits per heavy atom. The highest BCUT2D eigenvalue weighted by Gasteiger charge is 2.01. The molecule has 1 aromatic rings. The van der Waals surface area contributed by atoms with Crippen LogP contribution in [-0.4, -0.2) is 31.5 Å². The molecule has 0 atom stereocenters. The number of amides is 1. The molecule has 4 heteroatoms. The van der Waals surface area contributed by atoms with Crippen LogP contribution in [0.25, 0.3) is 0 Å². The van der Waals surface area contributed by atoms with Crippen LogP contribution in [0.5, 0.6) is 0 Å². The second-order valence-corrected chi connectivity index (χ2v) is 4.78. The van der Waals surface area contributed by atoms with Gasteiger partial charge in [0.2, 0.25) is 0 Å². The summed E-state index contributed by atoms with van der Waals surface area (Å²) in [6.45, 7) is 1.90. The first kappa shape index (κ1) is 14.1. The average molecular weight is 252 g/mol. The lowest BCUT2D eigenvalue weighted by Crippen LogP contribution is -2.18. The average Bonchev–Trinajstić information content (AvgIpc) is 2.38. The smallest absolute Gasteiger partial charge is 0.251 e. The number of rotatable bonds is 7. The van der Waals surface area contributed by atoms with Crippen molar-refractivity contribution in [1.29, 1.82) is 0 Å². The van der Waals surface area contributed by atoms with Crippen LogP contribution >= 0.6 is 11.8 Å². The van der Waals surface area contributed by atoms with E-state index in [1.54, 1.807) is 7.05 Å². The minimum Gasteiger partial charge on any atom is -0.355 e. The fourth-order valence-electron chi connectivity index (χ4n) is 1.49. The Balaban J connectivity index is 2.33. The first-order valence-corrected chi connectivity index (χ1v) is 7.18. The Bertz CT molecular complexity index is 338. The molecule has 1 amide bonds. The lowest BCUT2D eigenvalue weighted by molar-refractivity contribution is 0.0963. The van der Waals surface area contributed by atoms with Gasteiger partial charge in [0.1, 0.15) is 0 Å². The molecular formula is C13H20N2OS. The van der Waals surface area contributed by atoms with E-state index < -0.39 is 0 Å². The van der Waals surface area contributed by atoms with Gasteiger partial charge in [-0.3, -0.25) is 4.79 Å². The molecule has 0 bridgehead atoms. The molecule has 0 spiro atoms. The van der Waals surface area contributed by atoms with Crippen molar-refractivity contribution in [1.82, 2.24) is 10.6 Å². The van der Waals surface area contributed by atoms with Crippen LogP contribution < -0.4 is 10.6 Å². The number of carbonyl (C=O) groups excluding carboxylic acids is 1. The second-order valence-electron chi connectivity index (χ2n) is 3.80. The summed E-state index contributed by atoms with van der Waals surface area (Å²) < 4.78 is 0. The normalized spacial score (nSPS) is 10.2. The molecule has 1 rings (SSSR count). The van der Waals surface area contributed by atoms with Gasteiger partial charge < -0.3 is 10.6 Å². The Morgan fingerprint density at radius 2 is 2.00 bits per heavy atom. The van der Waals surface area contributed by atoms with Crippen LogP contribution in [0.2, 0.25) is 0 Å². The van der Waals surface area contributed by atoms with Gasteiger partial charge in [-0.05, 0) is 42.7 Å². The predicted molar refractivity (Wildman–Crippen MR) is 74.5 cm³/mol. The lowest BCUT2D eigenvalue weighted by atomic mass is 10.1. The molecule has 94 valence electrons. The maximum Gasteiger partial charge on any atom is 0.251 e. The van der Waals surface area contributed by atoms with E-state index in [4.69, 9.17) is 0 Å². The quantitative estimate of drug-likeness (QED) is 0.728. The summed E-state index contributed by atoms with van der Waals surface area (Å²) in [7, 11) is 1.64. The third kappa shape index (κ3) is 5.24. The highest BCUT2D eigenvalue weighted by atomic mass is 32.2. The molecule has 0 fully saturated rings. The van der Waals surface area contributed by atoms with Crippen LogP contribution in [0.15, 0.2) is 24.3 Å². The zero-order valence-electron chi connectivity index (χ0n) is 10.5. The molecule has 0 radical (unpaired) electrons. The van der Waals surface area contributed by atoms with Gasteiger partial charge in [-0.15, -0.1) is 0 Å². The van der Waals surface area contributed by atoms with Crippen molar-refractivity contribution in [3.63, 3.8) is 0 Å². The Morgan fingerprint density at radius 1 is 1.29 bits per heavy atom. The predicted octanol–water partition coefficient (Wildman–Crippen LogP) is 1.89. The van der Waals surface area contributed by atoms with Gasteiger partial charge in [0.25, 0.3) is 5.91 Å². The lowest BCUT2D eigenvalue weighted by Gasteiger charge is -2.05. The van der Waals surface area contributed by atoms with Gasteiger partial charge in [0.05, 0.1) is 0 Å². The minimum absolute atomic E-state index is 0.0375. The van der Waals surface area contributed by atoms with Crippen molar-refractivity contribution in [2.24, 2.45) is 0 Å². The summed E-state index contributed by atoms with van der Waals surface area (Å²) in [5.41, 5.74) is 1.92. The summed E-state index contributed by atoms with van der Waals surface area (Å²) in [4.78, 5) is 11.3. The Kier molecular flexibility index (Phi) is 6.74. The summed E-state index contributed by atoms with van der Waals surface area (Å²) in [5, 5.41) is 6.00. The molecule has 3 nitrogen and oxygen atoms in total. The zero-order chi connectivity index (χ0) is 12.5. The van der Waals surface area contributed by atoms with Crippen molar-refractivity contribution in [3.05, 3.63) is 35.4 Å². The Hall–Kier alpha value is -1.00. The number of hydrogen-bond donors (Lipinski definition) is 2. The van der Waals surface area contributed by atoms with E-state index in [-0.39, 0.29) is 5.91 Å². The van der Waals surface area contributed by atoms with Crippen molar-refractivity contribution < 1.29 is 4.79 Å². The maximum absolute atomic E-state index is 11.3. The zero-order valence-corrected chi connectivity index (χ0v) is 11.3. The first-order valence-electron chi connectivity index (χ1n) is 5.78. The summed E-state index contributed by atoms with van der Waals surface area (Å²) in [6, 6.07) is 7.70. The third-order valence-electron chi connectivity index (χ3n) is 2.47. The van der Waals surface area contributed by atoms with E-state index in [0.717, 1.165) is 13.1 Å². The van der Waals surface area contributed by atoms with Gasteiger partial charge in [-0.2, -0.15) is 11.8 Å². The van der Waals surface area contributed by atoms with Crippen LogP contribution in [0.4, 0.5) is 0 Å². The minimum atomic E-state index is -0.0375. The molecule has 0 saturated heterocycles. The largest absolute Gasteiger partial charge is 0.355 e. The Labute approximate surface area is 107 Å². The molecule has 0 aromatic heterocycles. The fourth-order valence-corrected chi connectivity index (χ4v) is 1.93. The van der Waals surface area contributed by atoms with E-state index in [0.29, 0.717) is 5.56 Å². The number of thioether (sulfide) groups is 1. The van der Waals surface area contributed by atoms with Crippen molar-refractivity contribution in [3.8, 4) is 0 Å². The van der Waals surface area contributed by atoms with E-state index in [9.17, 15) is 4.79 Å². The number of carbonyl (C=O) groups is 1. The fraction of sp³-hybridized carbons (Fsp3) is 0.462. The number of nitrogens with one attached hydrogen (secondary N) is 2. The van der Waals surface area contributed by atoms with E-state index >= 15 is 0 Å². The van der Waals surface area contributed by atoms with Gasteiger partial charge >= 0.3 is 0 Å². The van der Waals surface area contributed by atoms with Crippen molar-refractivity contribution >= 4 is 17.7 Å². The van der Waals surface area contributed by atoms with Crippen LogP contribution in [0, 0.1) is 0 Å². The van der Waals surface area contributed by atoms with Gasteiger partial charge in [-0.25, -0.2) is 0 Å². The van der Waals surface area contributed by atoms with E-state index in [1.165, 1.54) is 17.7 Å². The van der Waals surface area contributed by atoms with Gasteiger partial charge in [0.15, 0.2) is 0 Å². The molecule has 0 aliphatic carbocycles. The molecule has 0 saturated carbocycles. The molecule has 0 unspecified atom stereocenters. The summed E-state index contributed by atoms with van der Waals surface area (Å²) >= 11 is 1.87. The molecular weight excluding hydrogens is 232 g/mol. The highest BCUT2D eigenvalue weighted by molar-refractivity contribution is 7.98. The summed E-state index contributed by atoms with van der Waals surface area (Å²) in [6.07, 6.45) is 3.31. The summed E-state index contributed by atoms with van der Waals surface area (Å²) in [5.74, 6) is 1.16.